The quantitative estimate of drug-likeness (QED) is 0.628. The molecule has 24 heavy (non-hydrogen) atoms. The standard InChI is InChI=1S/C15H11BrF2N4O2/c16-10-5-12-14(20-6-19-12)22-13(10)11(21-15(23)24)3-7-1-8(17)4-9(18)2-7/h1-2,4-6,11,21H,3H2,(H,23,24)(H,19,20,22). The number of carboxylic acid groups (broad SMARTS) is 1. The third-order valence-corrected chi connectivity index (χ3v) is 4.01. The van der Waals surface area contributed by atoms with E-state index in [1.54, 1.807) is 6.07 Å². The third-order valence-electron chi connectivity index (χ3n) is 3.38. The summed E-state index contributed by atoms with van der Waals surface area (Å²) in [6.07, 6.45) is 0.227. The minimum atomic E-state index is -1.27. The van der Waals surface area contributed by atoms with Crippen LogP contribution in [0.5, 0.6) is 0 Å². The van der Waals surface area contributed by atoms with Gasteiger partial charge in [-0.25, -0.2) is 23.5 Å². The van der Waals surface area contributed by atoms with Gasteiger partial charge < -0.3 is 15.4 Å². The maximum absolute atomic E-state index is 13.4. The molecule has 1 atom stereocenters. The number of fused-ring (bicyclic) bond motifs is 1. The summed E-state index contributed by atoms with van der Waals surface area (Å²) in [5.74, 6) is -1.46. The molecule has 1 amide bonds. The first-order chi connectivity index (χ1) is 11.4. The number of amides is 1. The molecule has 2 heterocycles. The van der Waals surface area contributed by atoms with E-state index in [2.05, 4.69) is 36.2 Å². The van der Waals surface area contributed by atoms with Gasteiger partial charge in [0, 0.05) is 10.5 Å². The highest BCUT2D eigenvalue weighted by Crippen LogP contribution is 2.27. The van der Waals surface area contributed by atoms with Crippen LogP contribution >= 0.6 is 15.9 Å². The summed E-state index contributed by atoms with van der Waals surface area (Å²) in [5.41, 5.74) is 1.77. The summed E-state index contributed by atoms with van der Waals surface area (Å²) in [6, 6.07) is 3.97. The number of H-pyrrole nitrogens is 1. The topological polar surface area (TPSA) is 90.9 Å². The molecule has 0 radical (unpaired) electrons. The molecule has 3 rings (SSSR count). The monoisotopic (exact) mass is 396 g/mol. The van der Waals surface area contributed by atoms with E-state index >= 15 is 0 Å². The van der Waals surface area contributed by atoms with Crippen molar-refractivity contribution in [2.24, 2.45) is 0 Å². The maximum atomic E-state index is 13.4. The van der Waals surface area contributed by atoms with Crippen molar-refractivity contribution in [1.82, 2.24) is 20.3 Å². The Morgan fingerprint density at radius 3 is 2.67 bits per heavy atom. The van der Waals surface area contributed by atoms with E-state index in [1.165, 1.54) is 6.33 Å². The molecule has 1 unspecified atom stereocenters. The first kappa shape index (κ1) is 16.3. The second-order valence-electron chi connectivity index (χ2n) is 5.11. The number of hydrogen-bond acceptors (Lipinski definition) is 3. The fraction of sp³-hybridized carbons (Fsp3) is 0.133. The number of nitrogens with zero attached hydrogens (tertiary/aromatic N) is 2. The molecule has 9 heteroatoms. The van der Waals surface area contributed by atoms with Crippen LogP contribution < -0.4 is 5.32 Å². The van der Waals surface area contributed by atoms with Gasteiger partial charge in [0.1, 0.15) is 11.6 Å². The number of carbonyl (C=O) groups is 1. The summed E-state index contributed by atoms with van der Waals surface area (Å²) < 4.78 is 27.3. The highest BCUT2D eigenvalue weighted by Gasteiger charge is 2.21. The van der Waals surface area contributed by atoms with Crippen LogP contribution in [0.2, 0.25) is 0 Å². The molecule has 0 bridgehead atoms. The SMILES string of the molecule is O=C(O)NC(Cc1cc(F)cc(F)c1)c1nc2nc[nH]c2cc1Br. The van der Waals surface area contributed by atoms with Gasteiger partial charge in [-0.3, -0.25) is 0 Å². The van der Waals surface area contributed by atoms with Crippen LogP contribution in [-0.4, -0.2) is 26.2 Å². The van der Waals surface area contributed by atoms with Crippen LogP contribution in [0.15, 0.2) is 35.1 Å². The van der Waals surface area contributed by atoms with Gasteiger partial charge in [-0.05, 0) is 46.1 Å². The van der Waals surface area contributed by atoms with Crippen molar-refractivity contribution in [3.63, 3.8) is 0 Å². The van der Waals surface area contributed by atoms with Gasteiger partial charge in [-0.1, -0.05) is 0 Å². The molecule has 0 saturated carbocycles. The molecule has 3 N–H and O–H groups in total. The molecule has 1 aromatic carbocycles. The molecular weight excluding hydrogens is 386 g/mol. The van der Waals surface area contributed by atoms with E-state index in [1.807, 2.05) is 0 Å². The molecule has 0 aliphatic heterocycles. The zero-order valence-electron chi connectivity index (χ0n) is 12.1. The van der Waals surface area contributed by atoms with E-state index in [4.69, 9.17) is 5.11 Å². The Bertz CT molecular complexity index is 895. The van der Waals surface area contributed by atoms with Crippen molar-refractivity contribution < 1.29 is 18.7 Å². The second-order valence-corrected chi connectivity index (χ2v) is 5.97. The smallest absolute Gasteiger partial charge is 0.405 e. The number of halogens is 3. The molecular formula is C15H11BrF2N4O2. The fourth-order valence-electron chi connectivity index (χ4n) is 2.43. The number of nitrogens with one attached hydrogen (secondary N) is 2. The van der Waals surface area contributed by atoms with E-state index in [9.17, 15) is 13.6 Å². The number of aromatic nitrogens is 3. The average Bonchev–Trinajstić information content (AvgIpc) is 2.91. The lowest BCUT2D eigenvalue weighted by Crippen LogP contribution is -2.29. The van der Waals surface area contributed by atoms with Crippen LogP contribution in [0.25, 0.3) is 11.2 Å². The summed E-state index contributed by atoms with van der Waals surface area (Å²) in [4.78, 5) is 22.4. The van der Waals surface area contributed by atoms with Crippen LogP contribution in [0, 0.1) is 11.6 Å². The normalized spacial score (nSPS) is 12.3. The minimum Gasteiger partial charge on any atom is -0.465 e. The highest BCUT2D eigenvalue weighted by atomic mass is 79.9. The number of benzene rings is 1. The van der Waals surface area contributed by atoms with Gasteiger partial charge in [0.25, 0.3) is 0 Å². The van der Waals surface area contributed by atoms with Gasteiger partial charge in [-0.2, -0.15) is 0 Å². The minimum absolute atomic E-state index is 0.0303. The summed E-state index contributed by atoms with van der Waals surface area (Å²) in [6.45, 7) is 0. The molecule has 0 aliphatic rings. The Hall–Kier alpha value is -2.55. The first-order valence-electron chi connectivity index (χ1n) is 6.86. The van der Waals surface area contributed by atoms with Crippen molar-refractivity contribution in [3.8, 4) is 0 Å². The lowest BCUT2D eigenvalue weighted by atomic mass is 10.0. The lowest BCUT2D eigenvalue weighted by Gasteiger charge is -2.18. The van der Waals surface area contributed by atoms with Crippen molar-refractivity contribution in [1.29, 1.82) is 0 Å². The zero-order chi connectivity index (χ0) is 17.3. The van der Waals surface area contributed by atoms with Crippen molar-refractivity contribution in [2.75, 3.05) is 0 Å². The van der Waals surface area contributed by atoms with E-state index in [-0.39, 0.29) is 6.42 Å². The fourth-order valence-corrected chi connectivity index (χ4v) is 3.03. The largest absolute Gasteiger partial charge is 0.465 e. The van der Waals surface area contributed by atoms with E-state index in [0.29, 0.717) is 26.9 Å². The van der Waals surface area contributed by atoms with Gasteiger partial charge >= 0.3 is 6.09 Å². The average molecular weight is 397 g/mol. The molecule has 3 aromatic rings. The molecule has 0 fully saturated rings. The zero-order valence-corrected chi connectivity index (χ0v) is 13.6. The van der Waals surface area contributed by atoms with Crippen molar-refractivity contribution in [3.05, 3.63) is 58.0 Å². The van der Waals surface area contributed by atoms with Gasteiger partial charge in [0.05, 0.1) is 23.6 Å². The van der Waals surface area contributed by atoms with Gasteiger partial charge in [0.2, 0.25) is 0 Å². The Kier molecular flexibility index (Phi) is 4.43. The number of rotatable bonds is 4. The van der Waals surface area contributed by atoms with Gasteiger partial charge in [0.15, 0.2) is 5.65 Å². The maximum Gasteiger partial charge on any atom is 0.405 e. The molecule has 6 nitrogen and oxygen atoms in total. The van der Waals surface area contributed by atoms with Crippen LogP contribution in [0.3, 0.4) is 0 Å². The summed E-state index contributed by atoms with van der Waals surface area (Å²) in [7, 11) is 0. The summed E-state index contributed by atoms with van der Waals surface area (Å²) >= 11 is 3.34. The van der Waals surface area contributed by atoms with Crippen LogP contribution in [-0.2, 0) is 6.42 Å². The van der Waals surface area contributed by atoms with Crippen LogP contribution in [0.4, 0.5) is 13.6 Å². The Labute approximate surface area is 143 Å². The van der Waals surface area contributed by atoms with E-state index < -0.39 is 23.8 Å². The third kappa shape index (κ3) is 3.51. The molecule has 0 spiro atoms. The Morgan fingerprint density at radius 1 is 1.29 bits per heavy atom. The highest BCUT2D eigenvalue weighted by molar-refractivity contribution is 9.10. The second kappa shape index (κ2) is 6.52. The molecule has 0 aliphatic carbocycles. The Morgan fingerprint density at radius 2 is 2.00 bits per heavy atom. The predicted molar refractivity (Wildman–Crippen MR) is 85.6 cm³/mol. The van der Waals surface area contributed by atoms with E-state index in [0.717, 1.165) is 18.2 Å². The predicted octanol–water partition coefficient (Wildman–Crippen LogP) is 3.55. The van der Waals surface area contributed by atoms with Crippen LogP contribution in [0.1, 0.15) is 17.3 Å². The number of aromatic amines is 1. The molecule has 2 aromatic heterocycles. The van der Waals surface area contributed by atoms with Gasteiger partial charge in [-0.15, -0.1) is 0 Å². The molecule has 124 valence electrons. The van der Waals surface area contributed by atoms with Crippen molar-refractivity contribution in [2.45, 2.75) is 12.5 Å². The number of imidazole rings is 1. The first-order valence-corrected chi connectivity index (χ1v) is 7.65. The molecule has 0 saturated heterocycles. The lowest BCUT2D eigenvalue weighted by molar-refractivity contribution is 0.189. The summed E-state index contributed by atoms with van der Waals surface area (Å²) in [5, 5.41) is 11.4. The Balaban J connectivity index is 2.01. The number of pyridine rings is 1. The number of hydrogen-bond donors (Lipinski definition) is 3. The van der Waals surface area contributed by atoms with Crippen molar-refractivity contribution >= 4 is 33.2 Å².